The van der Waals surface area contributed by atoms with Gasteiger partial charge in [-0.25, -0.2) is 9.78 Å². The van der Waals surface area contributed by atoms with Crippen molar-refractivity contribution in [3.8, 4) is 6.07 Å². The molecule has 1 aromatic carbocycles. The Kier molecular flexibility index (Phi) is 3.22. The number of hydrogen-bond acceptors (Lipinski definition) is 4. The van der Waals surface area contributed by atoms with Gasteiger partial charge in [0, 0.05) is 11.9 Å². The largest absolute Gasteiger partial charge is 0.480 e. The van der Waals surface area contributed by atoms with Crippen LogP contribution >= 0.6 is 0 Å². The van der Waals surface area contributed by atoms with E-state index in [2.05, 4.69) is 11.1 Å². The van der Waals surface area contributed by atoms with Gasteiger partial charge in [-0.2, -0.15) is 5.26 Å². The van der Waals surface area contributed by atoms with Gasteiger partial charge in [-0.15, -0.1) is 0 Å². The molecular formula is C16H15N3O2. The molecule has 5 nitrogen and oxygen atoms in total. The van der Waals surface area contributed by atoms with E-state index in [4.69, 9.17) is 0 Å². The molecule has 0 saturated carbocycles. The maximum absolute atomic E-state index is 11.5. The van der Waals surface area contributed by atoms with Crippen molar-refractivity contribution < 1.29 is 9.90 Å². The summed E-state index contributed by atoms with van der Waals surface area (Å²) in [5, 5.41) is 19.5. The normalized spacial score (nSPS) is 21.4. The highest BCUT2D eigenvalue weighted by Crippen LogP contribution is 2.31. The number of carboxylic acid groups (broad SMARTS) is 1. The zero-order valence-electron chi connectivity index (χ0n) is 11.7. The molecule has 0 aliphatic carbocycles. The monoisotopic (exact) mass is 281 g/mol. The Hall–Kier alpha value is -2.61. The molecule has 0 amide bonds. The fraction of sp³-hybridized carbons (Fsp3) is 0.312. The van der Waals surface area contributed by atoms with Crippen LogP contribution in [0.15, 0.2) is 30.3 Å². The number of rotatable bonds is 2. The van der Waals surface area contributed by atoms with Crippen LogP contribution in [0.1, 0.15) is 18.9 Å². The van der Waals surface area contributed by atoms with Gasteiger partial charge in [0.2, 0.25) is 0 Å². The van der Waals surface area contributed by atoms with Gasteiger partial charge in [-0.3, -0.25) is 0 Å². The highest BCUT2D eigenvalue weighted by atomic mass is 16.4. The predicted molar refractivity (Wildman–Crippen MR) is 79.0 cm³/mol. The zero-order chi connectivity index (χ0) is 15.0. The summed E-state index contributed by atoms with van der Waals surface area (Å²) in [6.45, 7) is 2.58. The number of anilines is 1. The van der Waals surface area contributed by atoms with Gasteiger partial charge in [0.15, 0.2) is 0 Å². The Morgan fingerprint density at radius 3 is 2.95 bits per heavy atom. The number of nitriles is 1. The molecule has 1 N–H and O–H groups in total. The number of para-hydroxylation sites is 1. The average molecular weight is 281 g/mol. The number of carbonyl (C=O) groups is 1. The number of carboxylic acids is 1. The summed E-state index contributed by atoms with van der Waals surface area (Å²) in [4.78, 5) is 17.8. The minimum Gasteiger partial charge on any atom is -0.480 e. The Labute approximate surface area is 122 Å². The molecule has 1 aromatic heterocycles. The summed E-state index contributed by atoms with van der Waals surface area (Å²) in [7, 11) is 0. The lowest BCUT2D eigenvalue weighted by Gasteiger charge is -2.24. The second-order valence-electron chi connectivity index (χ2n) is 5.40. The van der Waals surface area contributed by atoms with Crippen LogP contribution in [0.3, 0.4) is 0 Å². The highest BCUT2D eigenvalue weighted by Gasteiger charge is 2.37. The molecule has 106 valence electrons. The maximum Gasteiger partial charge on any atom is 0.326 e. The smallest absolute Gasteiger partial charge is 0.326 e. The van der Waals surface area contributed by atoms with Gasteiger partial charge >= 0.3 is 5.97 Å². The van der Waals surface area contributed by atoms with Crippen LogP contribution in [0.5, 0.6) is 0 Å². The Bertz CT molecular complexity index is 751. The van der Waals surface area contributed by atoms with Gasteiger partial charge in [0.25, 0.3) is 0 Å². The minimum absolute atomic E-state index is 0.0707. The Balaban J connectivity index is 2.13. The molecule has 1 fully saturated rings. The molecule has 21 heavy (non-hydrogen) atoms. The number of fused-ring (bicyclic) bond motifs is 1. The summed E-state index contributed by atoms with van der Waals surface area (Å²) in [5.74, 6) is -0.197. The van der Waals surface area contributed by atoms with Crippen molar-refractivity contribution in [3.63, 3.8) is 0 Å². The number of aliphatic carboxylic acids is 1. The first-order valence-corrected chi connectivity index (χ1v) is 6.91. The standard InChI is InChI=1S/C16H15N3O2/c1-10-6-7-19(15(10)16(20)21)14-8-11(9-17)12-4-2-3-5-13(12)18-14/h2-5,8,10,15H,6-7H2,1H3,(H,20,21). The molecule has 0 bridgehead atoms. The molecule has 0 radical (unpaired) electrons. The fourth-order valence-corrected chi connectivity index (χ4v) is 2.98. The topological polar surface area (TPSA) is 77.2 Å². The third-order valence-corrected chi connectivity index (χ3v) is 4.07. The van der Waals surface area contributed by atoms with E-state index in [1.54, 1.807) is 11.0 Å². The van der Waals surface area contributed by atoms with Crippen LogP contribution in [0.2, 0.25) is 0 Å². The molecule has 0 spiro atoms. The second kappa shape index (κ2) is 5.06. The lowest BCUT2D eigenvalue weighted by atomic mass is 10.0. The SMILES string of the molecule is CC1CCN(c2cc(C#N)c3ccccc3n2)C1C(=O)O. The maximum atomic E-state index is 11.5. The number of aromatic nitrogens is 1. The van der Waals surface area contributed by atoms with E-state index in [-0.39, 0.29) is 5.92 Å². The lowest BCUT2D eigenvalue weighted by molar-refractivity contribution is -0.139. The number of nitrogens with zero attached hydrogens (tertiary/aromatic N) is 3. The van der Waals surface area contributed by atoms with Crippen LogP contribution in [0, 0.1) is 17.2 Å². The number of pyridine rings is 1. The van der Waals surface area contributed by atoms with E-state index in [1.165, 1.54) is 0 Å². The molecule has 1 aliphatic heterocycles. The molecule has 2 atom stereocenters. The summed E-state index contributed by atoms with van der Waals surface area (Å²) < 4.78 is 0. The third kappa shape index (κ3) is 2.19. The second-order valence-corrected chi connectivity index (χ2v) is 5.40. The highest BCUT2D eigenvalue weighted by molar-refractivity contribution is 5.87. The van der Waals surface area contributed by atoms with Crippen LogP contribution < -0.4 is 4.90 Å². The van der Waals surface area contributed by atoms with Gasteiger partial charge in [0.05, 0.1) is 17.1 Å². The first kappa shape index (κ1) is 13.4. The summed E-state index contributed by atoms with van der Waals surface area (Å²) >= 11 is 0. The van der Waals surface area contributed by atoms with E-state index < -0.39 is 12.0 Å². The van der Waals surface area contributed by atoms with Crippen molar-refractivity contribution in [2.45, 2.75) is 19.4 Å². The van der Waals surface area contributed by atoms with Crippen molar-refractivity contribution in [1.29, 1.82) is 5.26 Å². The molecule has 2 unspecified atom stereocenters. The van der Waals surface area contributed by atoms with Crippen LogP contribution in [0.4, 0.5) is 5.82 Å². The third-order valence-electron chi connectivity index (χ3n) is 4.07. The summed E-state index contributed by atoms with van der Waals surface area (Å²) in [6, 6.07) is 10.7. The first-order valence-electron chi connectivity index (χ1n) is 6.91. The van der Waals surface area contributed by atoms with Gasteiger partial charge in [-0.1, -0.05) is 25.1 Å². The van der Waals surface area contributed by atoms with E-state index in [9.17, 15) is 15.2 Å². The van der Waals surface area contributed by atoms with Crippen molar-refractivity contribution in [1.82, 2.24) is 4.98 Å². The molecule has 1 aliphatic rings. The number of hydrogen-bond donors (Lipinski definition) is 1. The van der Waals surface area contributed by atoms with Gasteiger partial charge < -0.3 is 10.0 Å². The van der Waals surface area contributed by atoms with E-state index in [0.29, 0.717) is 17.9 Å². The minimum atomic E-state index is -0.839. The predicted octanol–water partition coefficient (Wildman–Crippen LogP) is 2.41. The molecule has 3 rings (SSSR count). The lowest BCUT2D eigenvalue weighted by Crippen LogP contribution is -2.39. The first-order chi connectivity index (χ1) is 10.1. The van der Waals surface area contributed by atoms with Gasteiger partial charge in [-0.05, 0) is 24.5 Å². The molecule has 1 saturated heterocycles. The van der Waals surface area contributed by atoms with Crippen LogP contribution in [-0.4, -0.2) is 28.6 Å². The zero-order valence-corrected chi connectivity index (χ0v) is 11.7. The molecule has 2 aromatic rings. The summed E-state index contributed by atoms with van der Waals surface area (Å²) in [6.07, 6.45) is 0.813. The molecule has 5 heteroatoms. The fourth-order valence-electron chi connectivity index (χ4n) is 2.98. The van der Waals surface area contributed by atoms with Crippen LogP contribution in [-0.2, 0) is 4.79 Å². The quantitative estimate of drug-likeness (QED) is 0.914. The molecule has 2 heterocycles. The average Bonchev–Trinajstić information content (AvgIpc) is 2.88. The van der Waals surface area contributed by atoms with Crippen molar-refractivity contribution in [2.75, 3.05) is 11.4 Å². The number of benzene rings is 1. The Morgan fingerprint density at radius 2 is 2.24 bits per heavy atom. The molecular weight excluding hydrogens is 266 g/mol. The Morgan fingerprint density at radius 1 is 1.48 bits per heavy atom. The van der Waals surface area contributed by atoms with E-state index in [1.807, 2.05) is 31.2 Å². The van der Waals surface area contributed by atoms with Crippen molar-refractivity contribution in [2.24, 2.45) is 5.92 Å². The van der Waals surface area contributed by atoms with Crippen molar-refractivity contribution in [3.05, 3.63) is 35.9 Å². The van der Waals surface area contributed by atoms with E-state index >= 15 is 0 Å². The van der Waals surface area contributed by atoms with Crippen LogP contribution in [0.25, 0.3) is 10.9 Å². The van der Waals surface area contributed by atoms with Gasteiger partial charge in [0.1, 0.15) is 11.9 Å². The van der Waals surface area contributed by atoms with Crippen molar-refractivity contribution >= 4 is 22.7 Å². The summed E-state index contributed by atoms with van der Waals surface area (Å²) in [5.41, 5.74) is 1.24. The van der Waals surface area contributed by atoms with E-state index in [0.717, 1.165) is 17.3 Å².